The molecule has 2 heteroatoms. The molecule has 0 amide bonds. The largest absolute Gasteiger partial charge is 0.314 e. The van der Waals surface area contributed by atoms with Crippen molar-refractivity contribution in [2.45, 2.75) is 70.4 Å². The molecule has 1 N–H and O–H groups in total. The third-order valence-corrected chi connectivity index (χ3v) is 4.13. The molecule has 2 saturated carbocycles. The second kappa shape index (κ2) is 6.61. The highest BCUT2D eigenvalue weighted by molar-refractivity contribution is 4.81. The zero-order chi connectivity index (χ0) is 11.2. The van der Waals surface area contributed by atoms with Crippen molar-refractivity contribution in [3.05, 3.63) is 0 Å². The van der Waals surface area contributed by atoms with E-state index in [2.05, 4.69) is 17.1 Å². The first-order chi connectivity index (χ1) is 7.90. The quantitative estimate of drug-likeness (QED) is 0.669. The van der Waals surface area contributed by atoms with Gasteiger partial charge in [-0.25, -0.2) is 0 Å². The van der Waals surface area contributed by atoms with Gasteiger partial charge in [0.15, 0.2) is 0 Å². The van der Waals surface area contributed by atoms with E-state index in [1.54, 1.807) is 0 Å². The normalized spacial score (nSPS) is 22.9. The van der Waals surface area contributed by atoms with Crippen LogP contribution in [0.5, 0.6) is 0 Å². The van der Waals surface area contributed by atoms with Crippen molar-refractivity contribution in [1.82, 2.24) is 10.2 Å². The molecule has 0 aliphatic heterocycles. The summed E-state index contributed by atoms with van der Waals surface area (Å²) < 4.78 is 0. The standard InChI is InChI=1S/C14H28N2/c1-2-16(14-7-4-3-5-8-14)12-6-11-15-13-9-10-13/h13-15H,2-12H2,1H3. The van der Waals surface area contributed by atoms with E-state index >= 15 is 0 Å². The van der Waals surface area contributed by atoms with Gasteiger partial charge in [0.25, 0.3) is 0 Å². The molecule has 94 valence electrons. The van der Waals surface area contributed by atoms with Crippen LogP contribution in [0, 0.1) is 0 Å². The molecule has 0 saturated heterocycles. The van der Waals surface area contributed by atoms with Gasteiger partial charge in [0.05, 0.1) is 0 Å². The van der Waals surface area contributed by atoms with Gasteiger partial charge in [-0.15, -0.1) is 0 Å². The third-order valence-electron chi connectivity index (χ3n) is 4.13. The Morgan fingerprint density at radius 2 is 1.81 bits per heavy atom. The molecule has 0 aromatic rings. The smallest absolute Gasteiger partial charge is 0.00951 e. The summed E-state index contributed by atoms with van der Waals surface area (Å²) in [5.41, 5.74) is 0. The van der Waals surface area contributed by atoms with Crippen LogP contribution in [0.2, 0.25) is 0 Å². The van der Waals surface area contributed by atoms with Crippen molar-refractivity contribution in [3.63, 3.8) is 0 Å². The third kappa shape index (κ3) is 4.06. The number of nitrogens with zero attached hydrogens (tertiary/aromatic N) is 1. The summed E-state index contributed by atoms with van der Waals surface area (Å²) in [6.07, 6.45) is 11.5. The van der Waals surface area contributed by atoms with Crippen molar-refractivity contribution in [3.8, 4) is 0 Å². The zero-order valence-corrected chi connectivity index (χ0v) is 10.9. The predicted molar refractivity (Wildman–Crippen MR) is 69.8 cm³/mol. The molecule has 0 radical (unpaired) electrons. The fourth-order valence-electron chi connectivity index (χ4n) is 2.92. The first-order valence-corrected chi connectivity index (χ1v) is 7.37. The van der Waals surface area contributed by atoms with Crippen LogP contribution < -0.4 is 5.32 Å². The molecule has 2 nitrogen and oxygen atoms in total. The van der Waals surface area contributed by atoms with Gasteiger partial charge in [0, 0.05) is 12.1 Å². The Balaban J connectivity index is 1.59. The van der Waals surface area contributed by atoms with E-state index < -0.39 is 0 Å². The highest BCUT2D eigenvalue weighted by Gasteiger charge is 2.21. The van der Waals surface area contributed by atoms with Crippen molar-refractivity contribution in [2.24, 2.45) is 0 Å². The Kier molecular flexibility index (Phi) is 5.11. The van der Waals surface area contributed by atoms with Crippen molar-refractivity contribution >= 4 is 0 Å². The van der Waals surface area contributed by atoms with Crippen LogP contribution in [0.1, 0.15) is 58.3 Å². The molecule has 2 aliphatic carbocycles. The Bertz CT molecular complexity index is 183. The second-order valence-corrected chi connectivity index (χ2v) is 5.50. The van der Waals surface area contributed by atoms with Gasteiger partial charge in [-0.05, 0) is 51.7 Å². The summed E-state index contributed by atoms with van der Waals surface area (Å²) in [5, 5.41) is 3.61. The van der Waals surface area contributed by atoms with Crippen molar-refractivity contribution < 1.29 is 0 Å². The van der Waals surface area contributed by atoms with Gasteiger partial charge in [0.2, 0.25) is 0 Å². The molecule has 0 heterocycles. The molecule has 16 heavy (non-hydrogen) atoms. The van der Waals surface area contributed by atoms with Crippen LogP contribution in [0.3, 0.4) is 0 Å². The van der Waals surface area contributed by atoms with Crippen LogP contribution in [0.15, 0.2) is 0 Å². The van der Waals surface area contributed by atoms with Gasteiger partial charge in [-0.2, -0.15) is 0 Å². The fraction of sp³-hybridized carbons (Fsp3) is 1.00. The molecular weight excluding hydrogens is 196 g/mol. The minimum Gasteiger partial charge on any atom is -0.314 e. The van der Waals surface area contributed by atoms with Gasteiger partial charge in [-0.3, -0.25) is 0 Å². The summed E-state index contributed by atoms with van der Waals surface area (Å²) in [7, 11) is 0. The van der Waals surface area contributed by atoms with Crippen LogP contribution in [0.25, 0.3) is 0 Å². The lowest BCUT2D eigenvalue weighted by atomic mass is 9.94. The van der Waals surface area contributed by atoms with Gasteiger partial charge in [0.1, 0.15) is 0 Å². The molecule has 2 aliphatic rings. The van der Waals surface area contributed by atoms with Crippen molar-refractivity contribution in [2.75, 3.05) is 19.6 Å². The van der Waals surface area contributed by atoms with Crippen LogP contribution in [-0.4, -0.2) is 36.6 Å². The highest BCUT2D eigenvalue weighted by Crippen LogP contribution is 2.22. The molecule has 0 aromatic heterocycles. The second-order valence-electron chi connectivity index (χ2n) is 5.50. The zero-order valence-electron chi connectivity index (χ0n) is 10.9. The highest BCUT2D eigenvalue weighted by atomic mass is 15.1. The molecule has 0 bridgehead atoms. The van der Waals surface area contributed by atoms with Crippen LogP contribution >= 0.6 is 0 Å². The summed E-state index contributed by atoms with van der Waals surface area (Å²) in [5.74, 6) is 0. The molecule has 0 spiro atoms. The SMILES string of the molecule is CCN(CCCNC1CC1)C1CCCCC1. The first kappa shape index (κ1) is 12.4. The number of hydrogen-bond donors (Lipinski definition) is 1. The Morgan fingerprint density at radius 1 is 1.06 bits per heavy atom. The maximum absolute atomic E-state index is 3.61. The number of nitrogens with one attached hydrogen (secondary N) is 1. The number of rotatable bonds is 7. The summed E-state index contributed by atoms with van der Waals surface area (Å²) in [4.78, 5) is 2.72. The topological polar surface area (TPSA) is 15.3 Å². The predicted octanol–water partition coefficient (Wildman–Crippen LogP) is 2.78. The van der Waals surface area contributed by atoms with E-state index in [1.165, 1.54) is 71.0 Å². The molecule has 0 atom stereocenters. The minimum atomic E-state index is 0.879. The lowest BCUT2D eigenvalue weighted by Crippen LogP contribution is -2.38. The monoisotopic (exact) mass is 224 g/mol. The minimum absolute atomic E-state index is 0.879. The van der Waals surface area contributed by atoms with Gasteiger partial charge < -0.3 is 10.2 Å². The molecule has 0 unspecified atom stereocenters. The molecular formula is C14H28N2. The molecule has 2 rings (SSSR count). The van der Waals surface area contributed by atoms with Crippen LogP contribution in [-0.2, 0) is 0 Å². The molecule has 0 aromatic carbocycles. The average molecular weight is 224 g/mol. The van der Waals surface area contributed by atoms with E-state index in [-0.39, 0.29) is 0 Å². The van der Waals surface area contributed by atoms with E-state index in [9.17, 15) is 0 Å². The van der Waals surface area contributed by atoms with Crippen LogP contribution in [0.4, 0.5) is 0 Å². The fourth-order valence-corrected chi connectivity index (χ4v) is 2.92. The van der Waals surface area contributed by atoms with E-state index in [0.29, 0.717) is 0 Å². The summed E-state index contributed by atoms with van der Waals surface area (Å²) in [6, 6.07) is 1.78. The molecule has 2 fully saturated rings. The lowest BCUT2D eigenvalue weighted by Gasteiger charge is -2.33. The number of hydrogen-bond acceptors (Lipinski definition) is 2. The van der Waals surface area contributed by atoms with E-state index in [0.717, 1.165) is 12.1 Å². The van der Waals surface area contributed by atoms with Gasteiger partial charge >= 0.3 is 0 Å². The maximum Gasteiger partial charge on any atom is 0.00951 e. The van der Waals surface area contributed by atoms with E-state index in [4.69, 9.17) is 0 Å². The Hall–Kier alpha value is -0.0800. The first-order valence-electron chi connectivity index (χ1n) is 7.37. The Morgan fingerprint density at radius 3 is 2.44 bits per heavy atom. The summed E-state index contributed by atoms with van der Waals surface area (Å²) in [6.45, 7) is 6.10. The van der Waals surface area contributed by atoms with Gasteiger partial charge in [-0.1, -0.05) is 26.2 Å². The summed E-state index contributed by atoms with van der Waals surface area (Å²) >= 11 is 0. The van der Waals surface area contributed by atoms with E-state index in [1.807, 2.05) is 0 Å². The maximum atomic E-state index is 3.61. The Labute approximate surface area is 101 Å². The average Bonchev–Trinajstić information content (AvgIpc) is 3.14. The van der Waals surface area contributed by atoms with Crippen molar-refractivity contribution in [1.29, 1.82) is 0 Å². The lowest BCUT2D eigenvalue weighted by molar-refractivity contribution is 0.162.